The van der Waals surface area contributed by atoms with Gasteiger partial charge in [0.25, 0.3) is 0 Å². The average molecular weight is 218 g/mol. The monoisotopic (exact) mass is 218 g/mol. The summed E-state index contributed by atoms with van der Waals surface area (Å²) in [6, 6.07) is 7.58. The van der Waals surface area contributed by atoms with Crippen molar-refractivity contribution >= 4 is 12.0 Å². The lowest BCUT2D eigenvalue weighted by atomic mass is 10.1. The van der Waals surface area contributed by atoms with Crippen LogP contribution in [0.15, 0.2) is 43.0 Å². The summed E-state index contributed by atoms with van der Waals surface area (Å²) < 4.78 is 0. The Morgan fingerprint density at radius 3 is 2.50 bits per heavy atom. The van der Waals surface area contributed by atoms with E-state index in [0.717, 1.165) is 11.1 Å². The molecule has 0 bridgehead atoms. The Kier molecular flexibility index (Phi) is 4.48. The molecular weight excluding hydrogens is 204 g/mol. The van der Waals surface area contributed by atoms with Crippen LogP contribution in [0.2, 0.25) is 0 Å². The molecule has 84 valence electrons. The molecule has 3 heteroatoms. The van der Waals surface area contributed by atoms with Crippen molar-refractivity contribution in [3.05, 3.63) is 54.1 Å². The van der Waals surface area contributed by atoms with Gasteiger partial charge in [-0.2, -0.15) is 4.89 Å². The zero-order valence-corrected chi connectivity index (χ0v) is 9.23. The van der Waals surface area contributed by atoms with Crippen LogP contribution in [-0.4, -0.2) is 5.97 Å². The second-order valence-corrected chi connectivity index (χ2v) is 3.36. The molecule has 0 amide bonds. The SMILES string of the molecule is C=Cc1ccc(COOC(=O)C(=C)C)cc1. The maximum Gasteiger partial charge on any atom is 0.368 e. The maximum absolute atomic E-state index is 11.0. The molecule has 16 heavy (non-hydrogen) atoms. The van der Waals surface area contributed by atoms with E-state index in [1.165, 1.54) is 0 Å². The Labute approximate surface area is 94.9 Å². The van der Waals surface area contributed by atoms with Crippen LogP contribution in [0.3, 0.4) is 0 Å². The fourth-order valence-electron chi connectivity index (χ4n) is 0.972. The van der Waals surface area contributed by atoms with Gasteiger partial charge in [-0.3, -0.25) is 4.89 Å². The van der Waals surface area contributed by atoms with Gasteiger partial charge >= 0.3 is 5.97 Å². The Hall–Kier alpha value is -1.87. The maximum atomic E-state index is 11.0. The first-order valence-corrected chi connectivity index (χ1v) is 4.84. The Bertz CT molecular complexity index is 390. The van der Waals surface area contributed by atoms with Crippen LogP contribution in [0.4, 0.5) is 0 Å². The van der Waals surface area contributed by atoms with E-state index in [0.29, 0.717) is 5.57 Å². The van der Waals surface area contributed by atoms with Gasteiger partial charge in [-0.25, -0.2) is 4.79 Å². The van der Waals surface area contributed by atoms with Crippen LogP contribution in [0, 0.1) is 0 Å². The number of hydrogen-bond donors (Lipinski definition) is 0. The van der Waals surface area contributed by atoms with E-state index in [-0.39, 0.29) is 6.61 Å². The number of rotatable bonds is 5. The summed E-state index contributed by atoms with van der Waals surface area (Å²) in [6.07, 6.45) is 1.76. The Morgan fingerprint density at radius 1 is 1.38 bits per heavy atom. The third-order valence-electron chi connectivity index (χ3n) is 1.92. The van der Waals surface area contributed by atoms with Gasteiger partial charge in [0.2, 0.25) is 0 Å². The van der Waals surface area contributed by atoms with Crippen LogP contribution in [-0.2, 0) is 21.2 Å². The molecule has 0 aliphatic rings. The molecule has 1 aromatic carbocycles. The molecule has 0 radical (unpaired) electrons. The van der Waals surface area contributed by atoms with Crippen LogP contribution < -0.4 is 0 Å². The molecule has 0 fully saturated rings. The smallest absolute Gasteiger partial charge is 0.293 e. The Morgan fingerprint density at radius 2 is 2.00 bits per heavy atom. The summed E-state index contributed by atoms with van der Waals surface area (Å²) in [7, 11) is 0. The topological polar surface area (TPSA) is 35.5 Å². The summed E-state index contributed by atoms with van der Waals surface area (Å²) in [6.45, 7) is 8.87. The van der Waals surface area contributed by atoms with E-state index in [1.54, 1.807) is 13.0 Å². The predicted molar refractivity (Wildman–Crippen MR) is 62.2 cm³/mol. The molecule has 0 saturated heterocycles. The molecule has 0 aliphatic carbocycles. The molecule has 0 heterocycles. The van der Waals surface area contributed by atoms with Crippen molar-refractivity contribution in [3.63, 3.8) is 0 Å². The molecular formula is C13H14O3. The molecule has 3 nitrogen and oxygen atoms in total. The standard InChI is InChI=1S/C13H14O3/c1-4-11-5-7-12(8-6-11)9-15-16-13(14)10(2)3/h4-8H,1-2,9H2,3H3. The minimum absolute atomic E-state index is 0.219. The van der Waals surface area contributed by atoms with E-state index in [1.807, 2.05) is 24.3 Å². The second-order valence-electron chi connectivity index (χ2n) is 3.36. The number of carbonyl (C=O) groups excluding carboxylic acids is 1. The van der Waals surface area contributed by atoms with Crippen LogP contribution in [0.1, 0.15) is 18.1 Å². The van der Waals surface area contributed by atoms with Gasteiger partial charge in [0.05, 0.1) is 0 Å². The van der Waals surface area contributed by atoms with Gasteiger partial charge in [-0.15, -0.1) is 0 Å². The van der Waals surface area contributed by atoms with Gasteiger partial charge in [0.15, 0.2) is 0 Å². The van der Waals surface area contributed by atoms with E-state index in [4.69, 9.17) is 4.89 Å². The molecule has 1 rings (SSSR count). The molecule has 0 N–H and O–H groups in total. The van der Waals surface area contributed by atoms with E-state index in [2.05, 4.69) is 18.0 Å². The second kappa shape index (κ2) is 5.88. The van der Waals surface area contributed by atoms with Crippen LogP contribution in [0.25, 0.3) is 6.08 Å². The summed E-state index contributed by atoms with van der Waals surface area (Å²) >= 11 is 0. The summed E-state index contributed by atoms with van der Waals surface area (Å²) in [5.41, 5.74) is 2.25. The van der Waals surface area contributed by atoms with Gasteiger partial charge in [-0.1, -0.05) is 43.5 Å². The zero-order chi connectivity index (χ0) is 12.0. The molecule has 0 atom stereocenters. The number of benzene rings is 1. The predicted octanol–water partition coefficient (Wildman–Crippen LogP) is 2.88. The largest absolute Gasteiger partial charge is 0.368 e. The van der Waals surface area contributed by atoms with Crippen molar-refractivity contribution in [2.24, 2.45) is 0 Å². The normalized spacial score (nSPS) is 9.56. The third-order valence-corrected chi connectivity index (χ3v) is 1.92. The summed E-state index contributed by atoms with van der Waals surface area (Å²) in [5, 5.41) is 0. The molecule has 0 unspecified atom stereocenters. The van der Waals surface area contributed by atoms with Crippen molar-refractivity contribution in [1.29, 1.82) is 0 Å². The van der Waals surface area contributed by atoms with Crippen molar-refractivity contribution < 1.29 is 14.6 Å². The van der Waals surface area contributed by atoms with Crippen molar-refractivity contribution in [2.75, 3.05) is 0 Å². The number of hydrogen-bond acceptors (Lipinski definition) is 3. The molecule has 0 saturated carbocycles. The first kappa shape index (κ1) is 12.2. The Balaban J connectivity index is 2.40. The fraction of sp³-hybridized carbons (Fsp3) is 0.154. The van der Waals surface area contributed by atoms with E-state index < -0.39 is 5.97 Å². The highest BCUT2D eigenvalue weighted by Crippen LogP contribution is 2.07. The van der Waals surface area contributed by atoms with E-state index >= 15 is 0 Å². The van der Waals surface area contributed by atoms with Gasteiger partial charge < -0.3 is 0 Å². The minimum Gasteiger partial charge on any atom is -0.293 e. The van der Waals surface area contributed by atoms with Gasteiger partial charge in [0, 0.05) is 5.57 Å². The van der Waals surface area contributed by atoms with Gasteiger partial charge in [-0.05, 0) is 18.1 Å². The quantitative estimate of drug-likeness (QED) is 0.433. The highest BCUT2D eigenvalue weighted by molar-refractivity contribution is 5.86. The first-order chi connectivity index (χ1) is 7.63. The molecule has 1 aromatic rings. The lowest BCUT2D eigenvalue weighted by Gasteiger charge is -2.03. The summed E-state index contributed by atoms with van der Waals surface area (Å²) in [4.78, 5) is 20.3. The number of carbonyl (C=O) groups is 1. The lowest BCUT2D eigenvalue weighted by Crippen LogP contribution is -2.05. The highest BCUT2D eigenvalue weighted by atomic mass is 17.2. The lowest BCUT2D eigenvalue weighted by molar-refractivity contribution is -0.276. The molecule has 0 aliphatic heterocycles. The average Bonchev–Trinajstić information content (AvgIpc) is 2.29. The van der Waals surface area contributed by atoms with Crippen molar-refractivity contribution in [1.82, 2.24) is 0 Å². The van der Waals surface area contributed by atoms with E-state index in [9.17, 15) is 4.79 Å². The van der Waals surface area contributed by atoms with Crippen molar-refractivity contribution in [3.8, 4) is 0 Å². The van der Waals surface area contributed by atoms with Gasteiger partial charge in [0.1, 0.15) is 6.61 Å². The molecule has 0 aromatic heterocycles. The summed E-state index contributed by atoms with van der Waals surface area (Å²) in [5.74, 6) is -0.553. The molecule has 0 spiro atoms. The first-order valence-electron chi connectivity index (χ1n) is 4.84. The van der Waals surface area contributed by atoms with Crippen molar-refractivity contribution in [2.45, 2.75) is 13.5 Å². The zero-order valence-electron chi connectivity index (χ0n) is 9.23. The fourth-order valence-corrected chi connectivity index (χ4v) is 0.972. The minimum atomic E-state index is -0.553. The third kappa shape index (κ3) is 3.71. The van der Waals surface area contributed by atoms with Crippen LogP contribution in [0.5, 0.6) is 0 Å². The van der Waals surface area contributed by atoms with Crippen LogP contribution >= 0.6 is 0 Å². The highest BCUT2D eigenvalue weighted by Gasteiger charge is 2.03.